The summed E-state index contributed by atoms with van der Waals surface area (Å²) in [5, 5.41) is 19.5. The van der Waals surface area contributed by atoms with Crippen molar-refractivity contribution >= 4 is 5.69 Å². The lowest BCUT2D eigenvalue weighted by molar-refractivity contribution is -0.384. The zero-order valence-corrected chi connectivity index (χ0v) is 18.6. The van der Waals surface area contributed by atoms with Gasteiger partial charge in [-0.3, -0.25) is 10.1 Å². The summed E-state index contributed by atoms with van der Waals surface area (Å²) in [5.74, 6) is 1.54. The Morgan fingerprint density at radius 1 is 0.667 bits per heavy atom. The number of hydrogen-bond acceptors (Lipinski definition) is 5. The van der Waals surface area contributed by atoms with Crippen molar-refractivity contribution < 1.29 is 14.4 Å². The molecule has 3 aromatic carbocycles. The van der Waals surface area contributed by atoms with Crippen LogP contribution in [0.15, 0.2) is 72.8 Å². The molecule has 0 spiro atoms. The minimum atomic E-state index is -0.413. The van der Waals surface area contributed by atoms with Gasteiger partial charge in [-0.05, 0) is 60.4 Å². The Morgan fingerprint density at radius 2 is 1.09 bits per heavy atom. The Morgan fingerprint density at radius 3 is 1.55 bits per heavy atom. The third-order valence-electron chi connectivity index (χ3n) is 5.33. The molecular formula is C27H28N2O4. The standard InChI is InChI=1S/C27H28N2O4/c28-21-22-7-9-23(10-8-22)24-11-15-26(16-12-24)32-19-5-3-1-2-4-6-20-33-27-17-13-25(14-18-27)29(30)31/h7-18H,1-6,19-20H2. The van der Waals surface area contributed by atoms with Crippen LogP contribution in [-0.2, 0) is 0 Å². The molecule has 0 aliphatic carbocycles. The molecule has 0 bridgehead atoms. The van der Waals surface area contributed by atoms with E-state index in [0.29, 0.717) is 24.5 Å². The SMILES string of the molecule is N#Cc1ccc(-c2ccc(OCCCCCCCCOc3ccc([N+](=O)[O-])cc3)cc2)cc1. The van der Waals surface area contributed by atoms with Crippen LogP contribution in [0, 0.1) is 21.4 Å². The Bertz CT molecular complexity index is 1040. The predicted molar refractivity (Wildman–Crippen MR) is 128 cm³/mol. The molecule has 0 aliphatic rings. The first-order chi connectivity index (χ1) is 16.2. The van der Waals surface area contributed by atoms with Crippen molar-refractivity contribution in [2.24, 2.45) is 0 Å². The van der Waals surface area contributed by atoms with Crippen LogP contribution in [0.3, 0.4) is 0 Å². The number of hydrogen-bond donors (Lipinski definition) is 0. The summed E-state index contributed by atoms with van der Waals surface area (Å²) in [7, 11) is 0. The highest BCUT2D eigenvalue weighted by atomic mass is 16.6. The molecule has 170 valence electrons. The van der Waals surface area contributed by atoms with E-state index in [1.807, 2.05) is 48.5 Å². The fraction of sp³-hybridized carbons (Fsp3) is 0.296. The second-order valence-corrected chi connectivity index (χ2v) is 7.78. The van der Waals surface area contributed by atoms with E-state index >= 15 is 0 Å². The van der Waals surface area contributed by atoms with Gasteiger partial charge in [0.25, 0.3) is 5.69 Å². The highest BCUT2D eigenvalue weighted by Gasteiger charge is 2.04. The van der Waals surface area contributed by atoms with Crippen molar-refractivity contribution in [2.45, 2.75) is 38.5 Å². The van der Waals surface area contributed by atoms with Crippen LogP contribution in [0.5, 0.6) is 11.5 Å². The Balaban J connectivity index is 1.22. The van der Waals surface area contributed by atoms with E-state index in [9.17, 15) is 10.1 Å². The monoisotopic (exact) mass is 444 g/mol. The molecule has 0 aromatic heterocycles. The summed E-state index contributed by atoms with van der Waals surface area (Å²) < 4.78 is 11.5. The zero-order valence-electron chi connectivity index (χ0n) is 18.6. The number of nitrogens with zero attached hydrogens (tertiary/aromatic N) is 2. The van der Waals surface area contributed by atoms with Gasteiger partial charge in [0.2, 0.25) is 0 Å². The number of nitriles is 1. The third kappa shape index (κ3) is 7.97. The molecule has 6 heteroatoms. The Hall–Kier alpha value is -3.85. The van der Waals surface area contributed by atoms with E-state index in [1.165, 1.54) is 18.6 Å². The van der Waals surface area contributed by atoms with Gasteiger partial charge in [-0.25, -0.2) is 0 Å². The number of nitro benzene ring substituents is 1. The number of unbranched alkanes of at least 4 members (excludes halogenated alkanes) is 5. The van der Waals surface area contributed by atoms with Gasteiger partial charge in [-0.15, -0.1) is 0 Å². The molecular weight excluding hydrogens is 416 g/mol. The van der Waals surface area contributed by atoms with Crippen molar-refractivity contribution in [3.8, 4) is 28.7 Å². The number of nitro groups is 1. The maximum atomic E-state index is 10.6. The highest BCUT2D eigenvalue weighted by Crippen LogP contribution is 2.23. The molecule has 33 heavy (non-hydrogen) atoms. The molecule has 3 aromatic rings. The molecule has 3 rings (SSSR count). The lowest BCUT2D eigenvalue weighted by Gasteiger charge is -2.08. The fourth-order valence-corrected chi connectivity index (χ4v) is 3.44. The summed E-state index contributed by atoms with van der Waals surface area (Å²) in [5.41, 5.74) is 2.92. The molecule has 6 nitrogen and oxygen atoms in total. The van der Waals surface area contributed by atoms with E-state index < -0.39 is 4.92 Å². The lowest BCUT2D eigenvalue weighted by Crippen LogP contribution is -1.98. The van der Waals surface area contributed by atoms with Crippen molar-refractivity contribution in [2.75, 3.05) is 13.2 Å². The molecule has 0 saturated carbocycles. The van der Waals surface area contributed by atoms with E-state index in [-0.39, 0.29) is 5.69 Å². The first kappa shape index (κ1) is 23.8. The molecule has 0 unspecified atom stereocenters. The fourth-order valence-electron chi connectivity index (χ4n) is 3.44. The average molecular weight is 445 g/mol. The van der Waals surface area contributed by atoms with Gasteiger partial charge in [-0.2, -0.15) is 5.26 Å². The number of ether oxygens (including phenoxy) is 2. The first-order valence-electron chi connectivity index (χ1n) is 11.3. The molecule has 0 aliphatic heterocycles. The second kappa shape index (κ2) is 12.9. The highest BCUT2D eigenvalue weighted by molar-refractivity contribution is 5.64. The van der Waals surface area contributed by atoms with Gasteiger partial charge in [0.15, 0.2) is 0 Å². The van der Waals surface area contributed by atoms with Crippen molar-refractivity contribution in [1.29, 1.82) is 5.26 Å². The first-order valence-corrected chi connectivity index (χ1v) is 11.3. The molecule has 0 N–H and O–H groups in total. The average Bonchev–Trinajstić information content (AvgIpc) is 2.86. The van der Waals surface area contributed by atoms with Crippen LogP contribution in [0.4, 0.5) is 5.69 Å². The summed E-state index contributed by atoms with van der Waals surface area (Å²) in [6.45, 7) is 1.33. The zero-order chi connectivity index (χ0) is 23.3. The van der Waals surface area contributed by atoms with E-state index in [1.54, 1.807) is 12.1 Å². The second-order valence-electron chi connectivity index (χ2n) is 7.78. The van der Waals surface area contributed by atoms with E-state index in [2.05, 4.69) is 6.07 Å². The van der Waals surface area contributed by atoms with E-state index in [0.717, 1.165) is 49.0 Å². The minimum absolute atomic E-state index is 0.0754. The molecule has 0 saturated heterocycles. The van der Waals surface area contributed by atoms with E-state index in [4.69, 9.17) is 14.7 Å². The van der Waals surface area contributed by atoms with Crippen LogP contribution in [-0.4, -0.2) is 18.1 Å². The Labute approximate surface area is 194 Å². The summed E-state index contributed by atoms with van der Waals surface area (Å²) in [6, 6.07) is 23.9. The number of rotatable bonds is 13. The maximum absolute atomic E-state index is 10.6. The topological polar surface area (TPSA) is 85.4 Å². The van der Waals surface area contributed by atoms with Gasteiger partial charge < -0.3 is 9.47 Å². The van der Waals surface area contributed by atoms with Crippen molar-refractivity contribution in [3.63, 3.8) is 0 Å². The Kier molecular flexibility index (Phi) is 9.29. The molecule has 0 fully saturated rings. The van der Waals surface area contributed by atoms with Gasteiger partial charge in [0.1, 0.15) is 11.5 Å². The molecule has 0 atom stereocenters. The van der Waals surface area contributed by atoms with Crippen LogP contribution in [0.25, 0.3) is 11.1 Å². The molecule has 0 amide bonds. The van der Waals surface area contributed by atoms with Gasteiger partial charge >= 0.3 is 0 Å². The van der Waals surface area contributed by atoms with Crippen LogP contribution >= 0.6 is 0 Å². The van der Waals surface area contributed by atoms with Crippen LogP contribution in [0.1, 0.15) is 44.1 Å². The molecule has 0 heterocycles. The predicted octanol–water partition coefficient (Wildman–Crippen LogP) is 6.93. The smallest absolute Gasteiger partial charge is 0.269 e. The quantitative estimate of drug-likeness (QED) is 0.162. The summed E-state index contributed by atoms with van der Waals surface area (Å²) >= 11 is 0. The van der Waals surface area contributed by atoms with Crippen LogP contribution in [0.2, 0.25) is 0 Å². The summed E-state index contributed by atoms with van der Waals surface area (Å²) in [4.78, 5) is 10.2. The molecule has 0 radical (unpaired) electrons. The van der Waals surface area contributed by atoms with Gasteiger partial charge in [-0.1, -0.05) is 49.9 Å². The van der Waals surface area contributed by atoms with Gasteiger partial charge in [0, 0.05) is 12.1 Å². The van der Waals surface area contributed by atoms with Gasteiger partial charge in [0.05, 0.1) is 29.8 Å². The third-order valence-corrected chi connectivity index (χ3v) is 5.33. The maximum Gasteiger partial charge on any atom is 0.269 e. The van der Waals surface area contributed by atoms with Crippen molar-refractivity contribution in [3.05, 3.63) is 88.5 Å². The number of benzene rings is 3. The normalized spacial score (nSPS) is 10.4. The lowest BCUT2D eigenvalue weighted by atomic mass is 10.0. The largest absolute Gasteiger partial charge is 0.494 e. The summed E-state index contributed by atoms with van der Waals surface area (Å²) in [6.07, 6.45) is 6.55. The number of non-ortho nitro benzene ring substituents is 1. The van der Waals surface area contributed by atoms with Crippen LogP contribution < -0.4 is 9.47 Å². The minimum Gasteiger partial charge on any atom is -0.494 e. The van der Waals surface area contributed by atoms with Crippen molar-refractivity contribution in [1.82, 2.24) is 0 Å².